The number of hydrogen-bond donors (Lipinski definition) is 5. The molecule has 10 heteroatoms. The van der Waals surface area contributed by atoms with Crippen LogP contribution < -0.4 is 5.73 Å². The largest absolute Gasteiger partial charge is 0.507 e. The number of primary amides is 1. The summed E-state index contributed by atoms with van der Waals surface area (Å²) in [6.07, 6.45) is 2.77. The normalized spacial score (nSPS) is 25.8. The van der Waals surface area contributed by atoms with Gasteiger partial charge in [0.15, 0.2) is 11.4 Å². The van der Waals surface area contributed by atoms with Gasteiger partial charge in [0.1, 0.15) is 29.9 Å². The molecule has 0 radical (unpaired) electrons. The minimum Gasteiger partial charge on any atom is -0.507 e. The Morgan fingerprint density at radius 2 is 1.88 bits per heavy atom. The molecule has 0 spiro atoms. The van der Waals surface area contributed by atoms with E-state index in [1.54, 1.807) is 12.1 Å². The molecule has 1 fully saturated rings. The first kappa shape index (κ1) is 21.9. The van der Waals surface area contributed by atoms with Gasteiger partial charge in [-0.25, -0.2) is 0 Å². The lowest BCUT2D eigenvalue weighted by Gasteiger charge is -2.41. The zero-order valence-electron chi connectivity index (χ0n) is 18.2. The number of carbonyl (C=O) groups excluding carboxylic acids is 3. The molecule has 2 aromatic carbocycles. The Labute approximate surface area is 192 Å². The zero-order valence-corrected chi connectivity index (χ0v) is 18.2. The molecule has 176 valence electrons. The lowest BCUT2D eigenvalue weighted by molar-refractivity contribution is -0.134. The van der Waals surface area contributed by atoms with E-state index in [9.17, 15) is 34.8 Å². The van der Waals surface area contributed by atoms with Crippen molar-refractivity contribution in [2.75, 3.05) is 7.11 Å². The van der Waals surface area contributed by atoms with Crippen molar-refractivity contribution in [3.05, 3.63) is 46.2 Å². The lowest BCUT2D eigenvalue weighted by atomic mass is 9.62. The van der Waals surface area contributed by atoms with E-state index in [2.05, 4.69) is 5.16 Å². The Bertz CT molecular complexity index is 1370. The Kier molecular flexibility index (Phi) is 4.70. The highest BCUT2D eigenvalue weighted by Crippen LogP contribution is 2.50. The number of aromatic hydroxyl groups is 2. The Balaban J connectivity index is 1.80. The van der Waals surface area contributed by atoms with E-state index >= 15 is 0 Å². The third-order valence-electron chi connectivity index (χ3n) is 7.24. The quantitative estimate of drug-likeness (QED) is 0.256. The van der Waals surface area contributed by atoms with Gasteiger partial charge in [-0.3, -0.25) is 14.4 Å². The Morgan fingerprint density at radius 3 is 2.47 bits per heavy atom. The molecule has 5 rings (SSSR count). The van der Waals surface area contributed by atoms with E-state index in [0.29, 0.717) is 10.9 Å². The van der Waals surface area contributed by atoms with Crippen molar-refractivity contribution < 1.29 is 39.6 Å². The molecule has 34 heavy (non-hydrogen) atoms. The van der Waals surface area contributed by atoms with Crippen molar-refractivity contribution in [2.24, 2.45) is 16.8 Å². The Morgan fingerprint density at radius 1 is 1.18 bits per heavy atom. The standard InChI is InChI=1S/C24H22N2O8/c1-34-26-18-13-8-10-7-12-11(9-3-2-4-9)5-6-14(27)16(12)19(28)15(10)21(30)24(13,33)22(31)17(20(18)29)23(25)32/h5-7,9,13,27-29,33H,2-4,8H2,1H3,(H2,25,32)/b26-18-/t13-,24-/m0/s1. The SMILES string of the molecule is CO/N=C1\C(O)=C(C(N)=O)C(=O)[C@@]2(O)C(=O)c3c(cc4c(C5CCC5)ccc(O)c4c3O)C[C@@H]12. The molecule has 0 aliphatic heterocycles. The van der Waals surface area contributed by atoms with Crippen LogP contribution >= 0.6 is 0 Å². The van der Waals surface area contributed by atoms with E-state index in [0.717, 1.165) is 31.9 Å². The highest BCUT2D eigenvalue weighted by molar-refractivity contribution is 6.38. The number of fused-ring (bicyclic) bond motifs is 3. The summed E-state index contributed by atoms with van der Waals surface area (Å²) in [6.45, 7) is 0. The number of aliphatic hydroxyl groups excluding tert-OH is 1. The number of benzene rings is 2. The molecule has 0 aromatic heterocycles. The maximum absolute atomic E-state index is 13.6. The van der Waals surface area contributed by atoms with Crippen LogP contribution in [0, 0.1) is 5.92 Å². The summed E-state index contributed by atoms with van der Waals surface area (Å²) in [4.78, 5) is 43.4. The molecule has 10 nitrogen and oxygen atoms in total. The summed E-state index contributed by atoms with van der Waals surface area (Å²) in [5.41, 5.74) is 1.86. The van der Waals surface area contributed by atoms with Crippen molar-refractivity contribution in [3.63, 3.8) is 0 Å². The average molecular weight is 466 g/mol. The van der Waals surface area contributed by atoms with Gasteiger partial charge in [-0.1, -0.05) is 17.6 Å². The van der Waals surface area contributed by atoms with Crippen molar-refractivity contribution in [1.82, 2.24) is 0 Å². The molecule has 3 aliphatic rings. The number of oxime groups is 1. The first-order valence-electron chi connectivity index (χ1n) is 10.8. The summed E-state index contributed by atoms with van der Waals surface area (Å²) < 4.78 is 0. The number of ketones is 2. The molecule has 6 N–H and O–H groups in total. The average Bonchev–Trinajstić information content (AvgIpc) is 2.74. The zero-order chi connectivity index (χ0) is 24.5. The van der Waals surface area contributed by atoms with Crippen molar-refractivity contribution >= 4 is 34.0 Å². The lowest BCUT2D eigenvalue weighted by Crippen LogP contribution is -2.62. The number of nitrogens with two attached hydrogens (primary N) is 1. The van der Waals surface area contributed by atoms with Gasteiger partial charge in [0, 0.05) is 0 Å². The molecule has 0 unspecified atom stereocenters. The van der Waals surface area contributed by atoms with Crippen molar-refractivity contribution in [1.29, 1.82) is 0 Å². The van der Waals surface area contributed by atoms with Gasteiger partial charge in [-0.2, -0.15) is 0 Å². The second kappa shape index (κ2) is 7.29. The molecule has 1 saturated carbocycles. The fourth-order valence-electron chi connectivity index (χ4n) is 5.34. The fraction of sp³-hybridized carbons (Fsp3) is 0.333. The van der Waals surface area contributed by atoms with Gasteiger partial charge < -0.3 is 31.0 Å². The first-order chi connectivity index (χ1) is 16.1. The van der Waals surface area contributed by atoms with Gasteiger partial charge in [0.05, 0.1) is 16.9 Å². The van der Waals surface area contributed by atoms with Gasteiger partial charge in [-0.05, 0) is 53.8 Å². The monoisotopic (exact) mass is 466 g/mol. The van der Waals surface area contributed by atoms with E-state index < -0.39 is 46.1 Å². The summed E-state index contributed by atoms with van der Waals surface area (Å²) in [6, 6.07) is 4.87. The third-order valence-corrected chi connectivity index (χ3v) is 7.24. The highest BCUT2D eigenvalue weighted by atomic mass is 16.6. The topological polar surface area (TPSA) is 180 Å². The second-order valence-electron chi connectivity index (χ2n) is 8.91. The van der Waals surface area contributed by atoms with Gasteiger partial charge in [0.25, 0.3) is 5.91 Å². The van der Waals surface area contributed by atoms with Crippen LogP contribution in [0.2, 0.25) is 0 Å². The van der Waals surface area contributed by atoms with Crippen molar-refractivity contribution in [2.45, 2.75) is 37.2 Å². The van der Waals surface area contributed by atoms with E-state index in [1.165, 1.54) is 6.07 Å². The number of hydrogen-bond acceptors (Lipinski definition) is 9. The number of phenolic OH excluding ortho intramolecular Hbond substituents is 2. The number of aliphatic hydroxyl groups is 2. The fourth-order valence-corrected chi connectivity index (χ4v) is 5.34. The molecule has 2 atom stereocenters. The smallest absolute Gasteiger partial charge is 0.256 e. The third kappa shape index (κ3) is 2.65. The van der Waals surface area contributed by atoms with Crippen LogP contribution in [0.4, 0.5) is 0 Å². The molecule has 3 aliphatic carbocycles. The van der Waals surface area contributed by atoms with Gasteiger partial charge >= 0.3 is 0 Å². The molecule has 0 heterocycles. The summed E-state index contributed by atoms with van der Waals surface area (Å²) >= 11 is 0. The van der Waals surface area contributed by atoms with Crippen LogP contribution in [0.15, 0.2) is 34.7 Å². The van der Waals surface area contributed by atoms with Crippen LogP contribution in [0.25, 0.3) is 10.8 Å². The number of amides is 1. The van der Waals surface area contributed by atoms with E-state index in [4.69, 9.17) is 10.6 Å². The molecular weight excluding hydrogens is 444 g/mol. The number of carbonyl (C=O) groups is 3. The van der Waals surface area contributed by atoms with Crippen LogP contribution in [-0.2, 0) is 20.8 Å². The van der Waals surface area contributed by atoms with Crippen LogP contribution in [0.1, 0.15) is 46.7 Å². The number of rotatable bonds is 3. The molecule has 2 aromatic rings. The second-order valence-corrected chi connectivity index (χ2v) is 8.91. The number of allylic oxidation sites excluding steroid dienone is 1. The predicted molar refractivity (Wildman–Crippen MR) is 119 cm³/mol. The van der Waals surface area contributed by atoms with Crippen LogP contribution in [-0.4, -0.2) is 56.3 Å². The summed E-state index contributed by atoms with van der Waals surface area (Å²) in [5.74, 6) is -6.79. The van der Waals surface area contributed by atoms with E-state index in [1.807, 2.05) is 0 Å². The van der Waals surface area contributed by atoms with Gasteiger partial charge in [-0.15, -0.1) is 0 Å². The van der Waals surface area contributed by atoms with Crippen LogP contribution in [0.3, 0.4) is 0 Å². The molecule has 0 bridgehead atoms. The minimum absolute atomic E-state index is 0.0427. The minimum atomic E-state index is -2.87. The first-order valence-corrected chi connectivity index (χ1v) is 10.8. The van der Waals surface area contributed by atoms with Crippen LogP contribution in [0.5, 0.6) is 11.5 Å². The molecule has 1 amide bonds. The summed E-state index contributed by atoms with van der Waals surface area (Å²) in [7, 11) is 1.16. The van der Waals surface area contributed by atoms with Gasteiger partial charge in [0.2, 0.25) is 11.6 Å². The predicted octanol–water partition coefficient (Wildman–Crippen LogP) is 1.49. The number of phenols is 2. The highest BCUT2D eigenvalue weighted by Gasteiger charge is 2.62. The number of nitrogens with zero attached hydrogens (tertiary/aromatic N) is 1. The van der Waals surface area contributed by atoms with E-state index in [-0.39, 0.29) is 34.7 Å². The Hall–Kier alpha value is -3.92. The maximum Gasteiger partial charge on any atom is 0.256 e. The maximum atomic E-state index is 13.6. The number of Topliss-reactive ketones (excluding diaryl/α,β-unsaturated/α-hetero) is 2. The molecule has 0 saturated heterocycles. The van der Waals surface area contributed by atoms with Crippen molar-refractivity contribution in [3.8, 4) is 11.5 Å². The molecular formula is C24H22N2O8. The summed E-state index contributed by atoms with van der Waals surface area (Å²) in [5, 5.41) is 47.9.